The number of halogens is 1. The topological polar surface area (TPSA) is 90.1 Å². The van der Waals surface area contributed by atoms with E-state index in [4.69, 9.17) is 11.6 Å². The van der Waals surface area contributed by atoms with Crippen molar-refractivity contribution in [3.05, 3.63) is 84.2 Å². The van der Waals surface area contributed by atoms with Crippen molar-refractivity contribution in [2.75, 3.05) is 0 Å². The number of aromatic amines is 1. The normalized spacial score (nSPS) is 11.5. The van der Waals surface area contributed by atoms with Gasteiger partial charge in [-0.05, 0) is 42.5 Å². The average molecular weight is 427 g/mol. The van der Waals surface area contributed by atoms with Crippen LogP contribution in [0.3, 0.4) is 0 Å². The van der Waals surface area contributed by atoms with Crippen LogP contribution in [0.25, 0.3) is 38.9 Å². The lowest BCUT2D eigenvalue weighted by Crippen LogP contribution is -2.06. The third kappa shape index (κ3) is 3.13. The second kappa shape index (κ2) is 7.03. The molecule has 1 N–H and O–H groups in total. The van der Waals surface area contributed by atoms with Crippen molar-refractivity contribution in [3.63, 3.8) is 0 Å². The molecule has 8 nitrogen and oxygen atoms in total. The molecule has 5 aromatic heterocycles. The van der Waals surface area contributed by atoms with Crippen molar-refractivity contribution in [3.8, 4) is 17.1 Å². The van der Waals surface area contributed by atoms with Crippen LogP contribution in [0.5, 0.6) is 0 Å². The molecule has 0 aliphatic heterocycles. The number of hydrogen-bond acceptors (Lipinski definition) is 5. The van der Waals surface area contributed by atoms with Crippen LogP contribution in [0.15, 0.2) is 73.4 Å². The van der Waals surface area contributed by atoms with Gasteiger partial charge in [0.15, 0.2) is 0 Å². The fraction of sp³-hybridized carbons (Fsp3) is 0.0455. The summed E-state index contributed by atoms with van der Waals surface area (Å²) in [6, 6.07) is 13.8. The molecule has 0 radical (unpaired) electrons. The molecule has 6 aromatic rings. The molecule has 0 bridgehead atoms. The fourth-order valence-electron chi connectivity index (χ4n) is 3.65. The average Bonchev–Trinajstić information content (AvgIpc) is 3.53. The van der Waals surface area contributed by atoms with Gasteiger partial charge in [-0.2, -0.15) is 15.3 Å². The van der Waals surface area contributed by atoms with Gasteiger partial charge in [0, 0.05) is 29.4 Å². The van der Waals surface area contributed by atoms with E-state index in [1.54, 1.807) is 18.6 Å². The molecule has 0 spiro atoms. The third-order valence-corrected chi connectivity index (χ3v) is 5.43. The second-order valence-corrected chi connectivity index (χ2v) is 7.60. The number of nitrogens with zero attached hydrogens (tertiary/aromatic N) is 7. The Hall–Kier alpha value is -4.04. The molecular formula is C22H15ClN8. The zero-order valence-corrected chi connectivity index (χ0v) is 16.9. The molecule has 0 saturated carbocycles. The Bertz CT molecular complexity index is 1530. The standard InChI is InChI=1S/C22H15ClN8/c23-16-2-3-17(24-12-16)13-30-21(5-6-27-30)20-8-22-15(9-25-20)11-28-31(22)18-4-1-14-10-26-29-19(14)7-18/h1-12H,13H2,(H,26,29). The van der Waals surface area contributed by atoms with Crippen LogP contribution >= 0.6 is 11.6 Å². The van der Waals surface area contributed by atoms with Crippen LogP contribution in [-0.2, 0) is 6.54 Å². The minimum atomic E-state index is 0.523. The molecule has 0 fully saturated rings. The number of pyridine rings is 2. The van der Waals surface area contributed by atoms with E-state index in [-0.39, 0.29) is 0 Å². The van der Waals surface area contributed by atoms with Crippen LogP contribution in [0.4, 0.5) is 0 Å². The zero-order chi connectivity index (χ0) is 20.8. The number of H-pyrrole nitrogens is 1. The van der Waals surface area contributed by atoms with Gasteiger partial charge in [-0.15, -0.1) is 0 Å². The van der Waals surface area contributed by atoms with E-state index in [0.29, 0.717) is 11.6 Å². The molecule has 6 rings (SSSR count). The highest BCUT2D eigenvalue weighted by atomic mass is 35.5. The van der Waals surface area contributed by atoms with Crippen molar-refractivity contribution < 1.29 is 0 Å². The van der Waals surface area contributed by atoms with Crippen molar-refractivity contribution in [2.24, 2.45) is 0 Å². The largest absolute Gasteiger partial charge is 0.278 e. The van der Waals surface area contributed by atoms with Gasteiger partial charge < -0.3 is 0 Å². The number of hydrogen-bond donors (Lipinski definition) is 1. The van der Waals surface area contributed by atoms with Crippen molar-refractivity contribution in [1.29, 1.82) is 0 Å². The van der Waals surface area contributed by atoms with Gasteiger partial charge in [-0.1, -0.05) is 11.6 Å². The van der Waals surface area contributed by atoms with E-state index in [2.05, 4.69) is 30.4 Å². The lowest BCUT2D eigenvalue weighted by molar-refractivity contribution is 0.678. The SMILES string of the molecule is Clc1ccc(Cn2nccc2-c2cc3c(cn2)cnn3-c2ccc3cn[nH]c3c2)nc1. The molecule has 0 unspecified atom stereocenters. The Labute approximate surface area is 181 Å². The first-order valence-electron chi connectivity index (χ1n) is 9.64. The first-order chi connectivity index (χ1) is 15.2. The highest BCUT2D eigenvalue weighted by Gasteiger charge is 2.13. The molecule has 150 valence electrons. The maximum atomic E-state index is 5.95. The summed E-state index contributed by atoms with van der Waals surface area (Å²) in [6.07, 6.45) is 8.86. The number of nitrogens with one attached hydrogen (secondary N) is 1. The zero-order valence-electron chi connectivity index (χ0n) is 16.1. The first kappa shape index (κ1) is 17.8. The predicted molar refractivity (Wildman–Crippen MR) is 118 cm³/mol. The van der Waals surface area contributed by atoms with Crippen molar-refractivity contribution in [2.45, 2.75) is 6.54 Å². The monoisotopic (exact) mass is 426 g/mol. The second-order valence-electron chi connectivity index (χ2n) is 7.17. The summed E-state index contributed by atoms with van der Waals surface area (Å²) < 4.78 is 3.78. The molecule has 0 aliphatic carbocycles. The van der Waals surface area contributed by atoms with Crippen molar-refractivity contribution in [1.82, 2.24) is 39.7 Å². The Balaban J connectivity index is 1.41. The van der Waals surface area contributed by atoms with E-state index in [1.165, 1.54) is 0 Å². The molecule has 0 amide bonds. The summed E-state index contributed by atoms with van der Waals surface area (Å²) in [7, 11) is 0. The summed E-state index contributed by atoms with van der Waals surface area (Å²) in [4.78, 5) is 9.01. The Kier molecular flexibility index (Phi) is 4.03. The fourth-order valence-corrected chi connectivity index (χ4v) is 3.76. The Morgan fingerprint density at radius 3 is 2.74 bits per heavy atom. The van der Waals surface area contributed by atoms with Crippen LogP contribution in [0, 0.1) is 0 Å². The molecule has 0 atom stereocenters. The van der Waals surface area contributed by atoms with E-state index < -0.39 is 0 Å². The third-order valence-electron chi connectivity index (χ3n) is 5.20. The number of fused-ring (bicyclic) bond motifs is 2. The van der Waals surface area contributed by atoms with Gasteiger partial charge in [-0.25, -0.2) is 4.68 Å². The van der Waals surface area contributed by atoms with E-state index in [1.807, 2.05) is 64.2 Å². The molecule has 0 aliphatic rings. The summed E-state index contributed by atoms with van der Waals surface area (Å²) in [6.45, 7) is 0.523. The number of rotatable bonds is 4. The lowest BCUT2D eigenvalue weighted by Gasteiger charge is -2.08. The predicted octanol–water partition coefficient (Wildman–Crippen LogP) is 4.26. The van der Waals surface area contributed by atoms with Gasteiger partial charge in [0.05, 0.1) is 57.8 Å². The lowest BCUT2D eigenvalue weighted by atomic mass is 10.2. The first-order valence-corrected chi connectivity index (χ1v) is 10.0. The van der Waals surface area contributed by atoms with E-state index >= 15 is 0 Å². The van der Waals surface area contributed by atoms with Gasteiger partial charge in [0.1, 0.15) is 0 Å². The van der Waals surface area contributed by atoms with Crippen LogP contribution < -0.4 is 0 Å². The quantitative estimate of drug-likeness (QED) is 0.455. The highest BCUT2D eigenvalue weighted by Crippen LogP contribution is 2.25. The van der Waals surface area contributed by atoms with Gasteiger partial charge in [-0.3, -0.25) is 19.7 Å². The van der Waals surface area contributed by atoms with Crippen molar-refractivity contribution >= 4 is 33.4 Å². The molecule has 9 heteroatoms. The molecule has 31 heavy (non-hydrogen) atoms. The van der Waals surface area contributed by atoms with Gasteiger partial charge >= 0.3 is 0 Å². The smallest absolute Gasteiger partial charge is 0.0905 e. The van der Waals surface area contributed by atoms with Gasteiger partial charge in [0.25, 0.3) is 0 Å². The summed E-state index contributed by atoms with van der Waals surface area (Å²) in [5.41, 5.74) is 5.44. The summed E-state index contributed by atoms with van der Waals surface area (Å²) in [5, 5.41) is 18.8. The molecule has 0 saturated heterocycles. The Morgan fingerprint density at radius 1 is 0.871 bits per heavy atom. The maximum Gasteiger partial charge on any atom is 0.0905 e. The highest BCUT2D eigenvalue weighted by molar-refractivity contribution is 6.30. The van der Waals surface area contributed by atoms with Crippen LogP contribution in [0.1, 0.15) is 5.69 Å². The summed E-state index contributed by atoms with van der Waals surface area (Å²) >= 11 is 5.95. The molecule has 1 aromatic carbocycles. The number of benzene rings is 1. The Morgan fingerprint density at radius 2 is 1.84 bits per heavy atom. The maximum absolute atomic E-state index is 5.95. The minimum absolute atomic E-state index is 0.523. The van der Waals surface area contributed by atoms with Crippen LogP contribution in [-0.4, -0.2) is 39.7 Å². The molecular weight excluding hydrogens is 412 g/mol. The van der Waals surface area contributed by atoms with E-state index in [9.17, 15) is 0 Å². The molecule has 5 heterocycles. The number of aromatic nitrogens is 8. The van der Waals surface area contributed by atoms with E-state index in [0.717, 1.165) is 44.6 Å². The van der Waals surface area contributed by atoms with Gasteiger partial charge in [0.2, 0.25) is 0 Å². The summed E-state index contributed by atoms with van der Waals surface area (Å²) in [5.74, 6) is 0. The van der Waals surface area contributed by atoms with Crippen LogP contribution in [0.2, 0.25) is 5.02 Å². The minimum Gasteiger partial charge on any atom is -0.278 e.